The zero-order chi connectivity index (χ0) is 30.2. The minimum atomic E-state index is -3.82. The summed E-state index contributed by atoms with van der Waals surface area (Å²) in [6.07, 6.45) is 0.982. The molecule has 5 rings (SSSR count). The van der Waals surface area contributed by atoms with Crippen molar-refractivity contribution in [2.45, 2.75) is 49.4 Å². The first kappa shape index (κ1) is 36.8. The van der Waals surface area contributed by atoms with Gasteiger partial charge in [-0.3, -0.25) is 4.18 Å². The fourth-order valence-electron chi connectivity index (χ4n) is 3.90. The fourth-order valence-corrected chi connectivity index (χ4v) is 4.84. The molecule has 4 aromatic carbocycles. The molecule has 1 saturated heterocycles. The molecule has 0 unspecified atom stereocenters. The van der Waals surface area contributed by atoms with Crippen molar-refractivity contribution in [1.82, 2.24) is 0 Å². The molecular weight excluding hydrogens is 575 g/mol. The molecule has 0 aliphatic carbocycles. The Morgan fingerprint density at radius 1 is 0.767 bits per heavy atom. The van der Waals surface area contributed by atoms with E-state index in [0.29, 0.717) is 18.9 Å². The average molecular weight is 617 g/mol. The first-order valence-electron chi connectivity index (χ1n) is 13.9. The van der Waals surface area contributed by atoms with Crippen molar-refractivity contribution in [3.05, 3.63) is 138 Å². The average Bonchev–Trinajstić information content (AvgIpc) is 3.83. The summed E-state index contributed by atoms with van der Waals surface area (Å²) < 4.78 is 34.0. The first-order valence-corrected chi connectivity index (χ1v) is 15.3. The van der Waals surface area contributed by atoms with E-state index in [0.717, 1.165) is 29.7 Å². The topological polar surface area (TPSA) is 117 Å². The Morgan fingerprint density at radius 2 is 1.21 bits per heavy atom. The summed E-state index contributed by atoms with van der Waals surface area (Å²) in [7, 11) is -3.82. The Morgan fingerprint density at radius 3 is 1.65 bits per heavy atom. The van der Waals surface area contributed by atoms with Gasteiger partial charge in [0.2, 0.25) is 0 Å². The normalized spacial score (nSPS) is 14.9. The van der Waals surface area contributed by atoms with Crippen LogP contribution in [0.4, 0.5) is 0 Å². The smallest absolute Gasteiger partial charge is 1.00 e. The summed E-state index contributed by atoms with van der Waals surface area (Å²) in [5.74, 6) is 0. The van der Waals surface area contributed by atoms with E-state index in [4.69, 9.17) is 19.1 Å². The maximum Gasteiger partial charge on any atom is 1.00 e. The van der Waals surface area contributed by atoms with Gasteiger partial charge >= 0.3 is 29.6 Å². The molecule has 0 radical (unpaired) electrons. The van der Waals surface area contributed by atoms with Gasteiger partial charge in [0.1, 0.15) is 0 Å². The van der Waals surface area contributed by atoms with Gasteiger partial charge in [-0.2, -0.15) is 8.42 Å². The van der Waals surface area contributed by atoms with Crippen molar-refractivity contribution >= 4 is 10.1 Å². The van der Waals surface area contributed by atoms with E-state index >= 15 is 0 Å². The SMILES string of the molecule is Cc1ccc(S(=O)(=O)OC[C@H](O)Cc2ccccc2)cc1.OC[C@H](O)Cc1ccccc1.[H-].[Na+].c1ccc(C[C@@H]2CO2)cc1. The number of aliphatic hydroxyl groups excluding tert-OH is 3. The predicted octanol–water partition coefficient (Wildman–Crippen LogP) is 1.63. The van der Waals surface area contributed by atoms with E-state index in [2.05, 4.69) is 24.3 Å². The minimum Gasteiger partial charge on any atom is -1.00 e. The van der Waals surface area contributed by atoms with Crippen LogP contribution in [0.15, 0.2) is 120 Å². The van der Waals surface area contributed by atoms with E-state index < -0.39 is 22.3 Å². The second-order valence-electron chi connectivity index (χ2n) is 10.1. The molecule has 0 aromatic heterocycles. The Balaban J connectivity index is 0.000000355. The summed E-state index contributed by atoms with van der Waals surface area (Å²) in [4.78, 5) is 0.0972. The summed E-state index contributed by atoms with van der Waals surface area (Å²) in [5.41, 5.74) is 4.33. The van der Waals surface area contributed by atoms with E-state index in [1.165, 1.54) is 17.7 Å². The zero-order valence-electron chi connectivity index (χ0n) is 25.8. The van der Waals surface area contributed by atoms with E-state index in [1.54, 1.807) is 12.1 Å². The molecule has 1 aliphatic rings. The van der Waals surface area contributed by atoms with E-state index in [-0.39, 0.29) is 49.1 Å². The van der Waals surface area contributed by atoms with Gasteiger partial charge in [0.15, 0.2) is 0 Å². The molecule has 0 saturated carbocycles. The van der Waals surface area contributed by atoms with Crippen LogP contribution in [0.1, 0.15) is 23.7 Å². The Bertz CT molecular complexity index is 1390. The van der Waals surface area contributed by atoms with Crippen molar-refractivity contribution < 1.29 is 63.6 Å². The first-order chi connectivity index (χ1) is 20.2. The van der Waals surface area contributed by atoms with Gasteiger partial charge in [-0.05, 0) is 35.7 Å². The van der Waals surface area contributed by atoms with Crippen molar-refractivity contribution in [2.24, 2.45) is 0 Å². The number of benzene rings is 4. The molecule has 226 valence electrons. The van der Waals surface area contributed by atoms with Crippen molar-refractivity contribution in [3.8, 4) is 0 Å². The van der Waals surface area contributed by atoms with Crippen molar-refractivity contribution in [2.75, 3.05) is 19.8 Å². The van der Waals surface area contributed by atoms with Gasteiger partial charge in [0.25, 0.3) is 10.1 Å². The molecule has 3 N–H and O–H groups in total. The van der Waals surface area contributed by atoms with Gasteiger partial charge in [-0.25, -0.2) is 0 Å². The van der Waals surface area contributed by atoms with Crippen LogP contribution in [-0.2, 0) is 38.3 Å². The number of hydrogen-bond acceptors (Lipinski definition) is 7. The number of epoxide rings is 1. The molecule has 1 aliphatic heterocycles. The van der Waals surface area contributed by atoms with Gasteiger partial charge < -0.3 is 21.5 Å². The molecule has 1 fully saturated rings. The standard InChI is InChI=1S/C16H18O4S.C9H12O2.C9H10O.Na.H/c1-13-7-9-16(10-8-13)21(18,19)20-12-15(17)11-14-5-3-2-4-6-14;10-7-9(11)6-8-4-2-1-3-5-8;1-2-4-8(5-3-1)6-9-7-10-9;;/h2-10,15,17H,11-12H2,1H3;1-5,9-11H,6-7H2;1-5,9H,6-7H2;;/q;;;+1;-1/t15-;2*9-;;/m111../s1. The number of ether oxygens (including phenoxy) is 1. The Hall–Kier alpha value is -2.37. The van der Waals surface area contributed by atoms with Crippen molar-refractivity contribution in [3.63, 3.8) is 0 Å². The van der Waals surface area contributed by atoms with E-state index in [1.807, 2.05) is 73.7 Å². The molecule has 1 heterocycles. The molecule has 7 nitrogen and oxygen atoms in total. The summed E-state index contributed by atoms with van der Waals surface area (Å²) >= 11 is 0. The summed E-state index contributed by atoms with van der Waals surface area (Å²) in [5, 5.41) is 27.5. The molecule has 0 spiro atoms. The molecule has 4 aromatic rings. The van der Waals surface area contributed by atoms with E-state index in [9.17, 15) is 13.5 Å². The molecular formula is C34H41NaO7S. The number of rotatable bonds is 11. The fraction of sp³-hybridized carbons (Fsp3) is 0.294. The Labute approximate surface area is 279 Å². The number of aryl methyl sites for hydroxylation is 1. The third-order valence-electron chi connectivity index (χ3n) is 6.27. The monoisotopic (exact) mass is 616 g/mol. The van der Waals surface area contributed by atoms with Crippen molar-refractivity contribution in [1.29, 1.82) is 0 Å². The third-order valence-corrected chi connectivity index (χ3v) is 7.57. The maximum atomic E-state index is 12.0. The number of aliphatic hydroxyl groups is 3. The second kappa shape index (κ2) is 19.8. The quantitative estimate of drug-likeness (QED) is 0.133. The molecule has 43 heavy (non-hydrogen) atoms. The van der Waals surface area contributed by atoms with Crippen LogP contribution in [0.25, 0.3) is 0 Å². The molecule has 0 bridgehead atoms. The molecule has 0 amide bonds. The maximum absolute atomic E-state index is 12.0. The zero-order valence-corrected chi connectivity index (χ0v) is 27.6. The van der Waals surface area contributed by atoms with Crippen LogP contribution in [0.2, 0.25) is 0 Å². The number of hydrogen-bond donors (Lipinski definition) is 3. The van der Waals surface area contributed by atoms with Gasteiger partial charge in [-0.1, -0.05) is 109 Å². The second-order valence-corrected chi connectivity index (χ2v) is 11.7. The van der Waals surface area contributed by atoms with Crippen LogP contribution in [0.3, 0.4) is 0 Å². The van der Waals surface area contributed by atoms with Crippen LogP contribution >= 0.6 is 0 Å². The molecule has 9 heteroatoms. The van der Waals surface area contributed by atoms with Gasteiger partial charge in [0, 0.05) is 19.3 Å². The van der Waals surface area contributed by atoms with Gasteiger partial charge in [-0.15, -0.1) is 0 Å². The largest absolute Gasteiger partial charge is 1.00 e. The van der Waals surface area contributed by atoms with Gasteiger partial charge in [0.05, 0.1) is 43.0 Å². The minimum absolute atomic E-state index is 0. The molecule has 3 atom stereocenters. The predicted molar refractivity (Wildman–Crippen MR) is 165 cm³/mol. The van der Waals surface area contributed by atoms with Crippen LogP contribution in [-0.4, -0.2) is 61.9 Å². The summed E-state index contributed by atoms with van der Waals surface area (Å²) in [6, 6.07) is 35.8. The third kappa shape index (κ3) is 15.3. The van der Waals surface area contributed by atoms with Crippen LogP contribution < -0.4 is 29.6 Å². The Kier molecular flexibility index (Phi) is 17.0. The summed E-state index contributed by atoms with van der Waals surface area (Å²) in [6.45, 7) is 2.40. The van der Waals surface area contributed by atoms with Crippen LogP contribution in [0.5, 0.6) is 0 Å². The van der Waals surface area contributed by atoms with Crippen LogP contribution in [0, 0.1) is 6.92 Å².